The molecule has 1 aromatic rings. The molecule has 0 radical (unpaired) electrons. The van der Waals surface area contributed by atoms with Gasteiger partial charge in [-0.05, 0) is 0 Å². The maximum absolute atomic E-state index is 8.46. The van der Waals surface area contributed by atoms with Gasteiger partial charge in [-0.15, -0.1) is 0 Å². The molecule has 0 atom stereocenters. The molecule has 3 N–H and O–H groups in total. The molecule has 0 saturated heterocycles. The topological polar surface area (TPSA) is 63.3 Å². The largest absolute Gasteiger partial charge is 2.00 e. The first-order valence-corrected chi connectivity index (χ1v) is 3.47. The molecule has 0 spiro atoms. The predicted octanol–water partition coefficient (Wildman–Crippen LogP) is 1.03. The van der Waals surface area contributed by atoms with Crippen LogP contribution in [0.4, 0.5) is 0 Å². The summed E-state index contributed by atoms with van der Waals surface area (Å²) in [6.07, 6.45) is 0. The zero-order valence-corrected chi connectivity index (χ0v) is 9.78. The minimum absolute atomic E-state index is 0. The Labute approximate surface area is 104 Å². The van der Waals surface area contributed by atoms with Crippen molar-refractivity contribution in [2.75, 3.05) is 0 Å². The van der Waals surface area contributed by atoms with Crippen molar-refractivity contribution in [3.05, 3.63) is 43.4 Å². The third-order valence-electron chi connectivity index (χ3n) is 0.607. The van der Waals surface area contributed by atoms with Crippen LogP contribution in [0.3, 0.4) is 0 Å². The summed E-state index contributed by atoms with van der Waals surface area (Å²) in [6.45, 7) is 0. The molecule has 1 aromatic carbocycles. The van der Waals surface area contributed by atoms with E-state index in [2.05, 4.69) is 18.8 Å². The summed E-state index contributed by atoms with van der Waals surface area (Å²) in [6, 6.07) is 12.5. The number of hydrogen-bond donors (Lipinski definition) is 2. The normalized spacial score (nSPS) is 6.25. The first-order chi connectivity index (χ1) is 5.41. The molecule has 0 aliphatic rings. The Kier molecular flexibility index (Phi) is 34.4. The van der Waals surface area contributed by atoms with Crippen LogP contribution in [0, 0.1) is 13.1 Å². The molecule has 0 fully saturated rings. The van der Waals surface area contributed by atoms with Crippen LogP contribution in [0.2, 0.25) is 0 Å². The Balaban J connectivity index is -0.000000119. The van der Waals surface area contributed by atoms with Gasteiger partial charge in [-0.25, -0.2) is 4.57 Å². The fourth-order valence-electron chi connectivity index (χ4n) is 0.342. The van der Waals surface area contributed by atoms with Gasteiger partial charge in [-0.2, -0.15) is 36.4 Å². The summed E-state index contributed by atoms with van der Waals surface area (Å²) in [5, 5.41) is 0. The molecule has 0 aliphatic heterocycles. The van der Waals surface area contributed by atoms with E-state index >= 15 is 0 Å². The van der Waals surface area contributed by atoms with Gasteiger partial charge in [0.2, 0.25) is 0 Å². The Bertz CT molecular complexity index is 125. The summed E-state index contributed by atoms with van der Waals surface area (Å²) < 4.78 is 8.46. The van der Waals surface area contributed by atoms with Gasteiger partial charge < -0.3 is 10.6 Å². The number of nitrogens with two attached hydrogens (primary N) is 1. The van der Waals surface area contributed by atoms with Crippen LogP contribution in [-0.2, 0) is 4.57 Å². The molecule has 0 bridgehead atoms. The first kappa shape index (κ1) is 18.3. The van der Waals surface area contributed by atoms with Crippen LogP contribution in [0.1, 0.15) is 0 Å². The second-order valence-corrected chi connectivity index (χ2v) is 1.32. The second-order valence-electron chi connectivity index (χ2n) is 1.16. The summed E-state index contributed by atoms with van der Waals surface area (Å²) in [7, 11) is 1.92. The van der Waals surface area contributed by atoms with Gasteiger partial charge in [0.15, 0.2) is 0 Å². The number of hydrogen-bond acceptors (Lipinski definition) is 2. The third kappa shape index (κ3) is 22.4. The quantitative estimate of drug-likeness (QED) is 0.382. The van der Waals surface area contributed by atoms with E-state index in [1.54, 1.807) is 0 Å². The molecular formula is C7H10CaNO2P. The van der Waals surface area contributed by atoms with Crippen LogP contribution in [0.15, 0.2) is 30.3 Å². The van der Waals surface area contributed by atoms with E-state index in [4.69, 9.17) is 9.46 Å². The van der Waals surface area contributed by atoms with Crippen LogP contribution in [0.5, 0.6) is 0 Å². The van der Waals surface area contributed by atoms with Gasteiger partial charge in [0.25, 0.3) is 0 Å². The smallest absolute Gasteiger partial charge is 0.486 e. The van der Waals surface area contributed by atoms with Crippen molar-refractivity contribution in [2.45, 2.75) is 0 Å². The molecule has 5 heteroatoms. The third-order valence-corrected chi connectivity index (χ3v) is 0.607. The predicted molar refractivity (Wildman–Crippen MR) is 50.4 cm³/mol. The first-order valence-electron chi connectivity index (χ1n) is 2.70. The van der Waals surface area contributed by atoms with Crippen molar-refractivity contribution in [3.8, 4) is 0 Å². The van der Waals surface area contributed by atoms with E-state index in [1.807, 2.05) is 30.3 Å². The van der Waals surface area contributed by atoms with E-state index in [-0.39, 0.29) is 37.7 Å². The van der Waals surface area contributed by atoms with E-state index in [9.17, 15) is 0 Å². The molecule has 62 valence electrons. The standard InChI is InChI=1S/C6H5.CH4N.Ca.HO2P/c1-2-4-6-5-3-1;1-2;;1-3-2/h1-5H;1-2H2;;(H,1,2)/q2*-1;+2;. The van der Waals surface area contributed by atoms with Gasteiger partial charge in [-0.1, -0.05) is 0 Å². The summed E-state index contributed by atoms with van der Waals surface area (Å²) in [4.78, 5) is 6.99. The van der Waals surface area contributed by atoms with Gasteiger partial charge in [0.1, 0.15) is 0 Å². The second kappa shape index (κ2) is 22.5. The molecule has 0 aliphatic carbocycles. The summed E-state index contributed by atoms with van der Waals surface area (Å²) in [5.41, 5.74) is 4.25. The molecule has 0 unspecified atom stereocenters. The van der Waals surface area contributed by atoms with E-state index in [0.29, 0.717) is 0 Å². The number of rotatable bonds is 0. The fourth-order valence-corrected chi connectivity index (χ4v) is 0.342. The Morgan fingerprint density at radius 1 is 1.25 bits per heavy atom. The Morgan fingerprint density at radius 2 is 1.58 bits per heavy atom. The zero-order valence-electron chi connectivity index (χ0n) is 6.68. The van der Waals surface area contributed by atoms with E-state index in [0.717, 1.165) is 0 Å². The Morgan fingerprint density at radius 3 is 1.67 bits per heavy atom. The van der Waals surface area contributed by atoms with Crippen molar-refractivity contribution < 1.29 is 9.46 Å². The SMILES string of the molecule is O=PO.[CH2-]N.[Ca+2].[c-]1ccccc1. The molecule has 12 heavy (non-hydrogen) atoms. The van der Waals surface area contributed by atoms with Crippen molar-refractivity contribution in [2.24, 2.45) is 5.73 Å². The molecule has 0 saturated carbocycles. The summed E-state index contributed by atoms with van der Waals surface area (Å²) >= 11 is 0. The van der Waals surface area contributed by atoms with E-state index < -0.39 is 8.69 Å². The zero-order chi connectivity index (χ0) is 8.95. The van der Waals surface area contributed by atoms with Crippen LogP contribution in [-0.4, -0.2) is 42.6 Å². The maximum Gasteiger partial charge on any atom is 2.00 e. The molecule has 0 heterocycles. The molecular weight excluding hydrogens is 201 g/mol. The fraction of sp³-hybridized carbons (Fsp3) is 0. The van der Waals surface area contributed by atoms with Crippen molar-refractivity contribution in [3.63, 3.8) is 0 Å². The number of benzene rings is 1. The minimum Gasteiger partial charge on any atom is -0.486 e. The van der Waals surface area contributed by atoms with Crippen LogP contribution >= 0.6 is 8.69 Å². The average Bonchev–Trinajstić information content (AvgIpc) is 2.12. The van der Waals surface area contributed by atoms with Gasteiger partial charge in [0.05, 0.1) is 0 Å². The van der Waals surface area contributed by atoms with E-state index in [1.165, 1.54) is 0 Å². The van der Waals surface area contributed by atoms with Crippen LogP contribution in [0.25, 0.3) is 0 Å². The van der Waals surface area contributed by atoms with Crippen molar-refractivity contribution in [1.82, 2.24) is 0 Å². The molecule has 3 nitrogen and oxygen atoms in total. The minimum atomic E-state index is -0.833. The Hall–Kier alpha value is 0.500. The van der Waals surface area contributed by atoms with Crippen LogP contribution < -0.4 is 5.73 Å². The van der Waals surface area contributed by atoms with Gasteiger partial charge in [0, 0.05) is 0 Å². The maximum atomic E-state index is 8.46. The summed E-state index contributed by atoms with van der Waals surface area (Å²) in [5.74, 6) is 0. The van der Waals surface area contributed by atoms with Crippen molar-refractivity contribution >= 4 is 46.4 Å². The molecule has 0 aromatic heterocycles. The monoisotopic (exact) mass is 211 g/mol. The molecule has 0 amide bonds. The van der Waals surface area contributed by atoms with Gasteiger partial charge >= 0.3 is 46.4 Å². The van der Waals surface area contributed by atoms with Crippen molar-refractivity contribution in [1.29, 1.82) is 0 Å². The average molecular weight is 211 g/mol. The molecule has 1 rings (SSSR count). The van der Waals surface area contributed by atoms with Gasteiger partial charge in [-0.3, -0.25) is 7.05 Å².